The van der Waals surface area contributed by atoms with Crippen LogP contribution in [0.4, 0.5) is 10.1 Å². The zero-order chi connectivity index (χ0) is 19.8. The Morgan fingerprint density at radius 3 is 2.32 bits per heavy atom. The number of benzene rings is 2. The van der Waals surface area contributed by atoms with E-state index in [0.29, 0.717) is 21.2 Å². The summed E-state index contributed by atoms with van der Waals surface area (Å²) in [4.78, 5) is 27.7. The van der Waals surface area contributed by atoms with Gasteiger partial charge in [0.25, 0.3) is 11.7 Å². The number of carbonyl (C=O) groups excluding carboxylic acids is 2. The minimum Gasteiger partial charge on any atom is -0.507 e. The van der Waals surface area contributed by atoms with Crippen LogP contribution in [0, 0.1) is 5.82 Å². The number of rotatable bonds is 3. The van der Waals surface area contributed by atoms with E-state index in [1.807, 2.05) is 5.38 Å². The van der Waals surface area contributed by atoms with E-state index in [-0.39, 0.29) is 11.3 Å². The minimum atomic E-state index is -0.805. The molecule has 1 aromatic heterocycles. The lowest BCUT2D eigenvalue weighted by Crippen LogP contribution is -2.29. The Morgan fingerprint density at radius 2 is 1.71 bits per heavy atom. The van der Waals surface area contributed by atoms with Crippen molar-refractivity contribution in [1.29, 1.82) is 0 Å². The van der Waals surface area contributed by atoms with Crippen LogP contribution >= 0.6 is 22.9 Å². The summed E-state index contributed by atoms with van der Waals surface area (Å²) in [6.07, 6.45) is 0. The van der Waals surface area contributed by atoms with Crippen molar-refractivity contribution in [1.82, 2.24) is 0 Å². The van der Waals surface area contributed by atoms with Gasteiger partial charge >= 0.3 is 0 Å². The minimum absolute atomic E-state index is 0.0147. The maximum absolute atomic E-state index is 13.3. The third kappa shape index (κ3) is 3.10. The first-order valence-corrected chi connectivity index (χ1v) is 9.59. The van der Waals surface area contributed by atoms with Crippen LogP contribution in [0.15, 0.2) is 71.6 Å². The number of nitrogens with zero attached hydrogens (tertiary/aromatic N) is 1. The molecule has 4 rings (SSSR count). The van der Waals surface area contributed by atoms with Gasteiger partial charge in [-0.1, -0.05) is 17.7 Å². The highest BCUT2D eigenvalue weighted by molar-refractivity contribution is 7.10. The lowest BCUT2D eigenvalue weighted by atomic mass is 10.00. The van der Waals surface area contributed by atoms with Gasteiger partial charge in [0.05, 0.1) is 5.57 Å². The third-order valence-electron chi connectivity index (χ3n) is 4.48. The van der Waals surface area contributed by atoms with Crippen molar-refractivity contribution in [3.63, 3.8) is 0 Å². The number of carbonyl (C=O) groups is 2. The summed E-state index contributed by atoms with van der Waals surface area (Å²) in [5.74, 6) is -2.30. The number of hydrogen-bond acceptors (Lipinski definition) is 4. The summed E-state index contributed by atoms with van der Waals surface area (Å²) in [5.41, 5.74) is 0.735. The van der Waals surface area contributed by atoms with Gasteiger partial charge in [-0.2, -0.15) is 0 Å². The fraction of sp³-hybridized carbons (Fsp3) is 0.0476. The molecule has 0 aliphatic carbocycles. The molecule has 140 valence electrons. The van der Waals surface area contributed by atoms with E-state index >= 15 is 0 Å². The van der Waals surface area contributed by atoms with Crippen LogP contribution in [-0.4, -0.2) is 16.8 Å². The van der Waals surface area contributed by atoms with E-state index in [4.69, 9.17) is 11.6 Å². The number of aliphatic hydroxyl groups is 1. The molecule has 1 N–H and O–H groups in total. The van der Waals surface area contributed by atoms with Crippen molar-refractivity contribution >= 4 is 46.1 Å². The molecule has 1 aliphatic heterocycles. The molecule has 28 heavy (non-hydrogen) atoms. The zero-order valence-electron chi connectivity index (χ0n) is 14.3. The SMILES string of the molecule is O=C1C(=O)N(c2ccc(F)cc2)C(c2cccs2)/C1=C(/O)c1ccc(Cl)cc1. The van der Waals surface area contributed by atoms with Crippen LogP contribution in [0.1, 0.15) is 16.5 Å². The number of thiophene rings is 1. The van der Waals surface area contributed by atoms with Crippen molar-refractivity contribution in [2.45, 2.75) is 6.04 Å². The number of Topliss-reactive ketones (excluding diaryl/α,β-unsaturated/α-hetero) is 1. The van der Waals surface area contributed by atoms with E-state index < -0.39 is 23.5 Å². The molecule has 2 heterocycles. The second-order valence-electron chi connectivity index (χ2n) is 6.17. The molecule has 4 nitrogen and oxygen atoms in total. The molecule has 1 aliphatic rings. The highest BCUT2D eigenvalue weighted by Crippen LogP contribution is 2.43. The monoisotopic (exact) mass is 413 g/mol. The summed E-state index contributed by atoms with van der Waals surface area (Å²) < 4.78 is 13.3. The van der Waals surface area contributed by atoms with Gasteiger partial charge in [0.15, 0.2) is 0 Å². The molecule has 0 saturated carbocycles. The number of amides is 1. The van der Waals surface area contributed by atoms with E-state index in [9.17, 15) is 19.1 Å². The Hall–Kier alpha value is -2.96. The molecule has 0 spiro atoms. The van der Waals surface area contributed by atoms with Crippen LogP contribution in [0.25, 0.3) is 5.76 Å². The lowest BCUT2D eigenvalue weighted by Gasteiger charge is -2.24. The highest BCUT2D eigenvalue weighted by Gasteiger charge is 2.47. The first-order valence-electron chi connectivity index (χ1n) is 8.33. The lowest BCUT2D eigenvalue weighted by molar-refractivity contribution is -0.132. The molecule has 0 radical (unpaired) electrons. The second-order valence-corrected chi connectivity index (χ2v) is 7.58. The first-order chi connectivity index (χ1) is 13.5. The van der Waals surface area contributed by atoms with Gasteiger partial charge in [-0.05, 0) is 60.0 Å². The van der Waals surface area contributed by atoms with Crippen molar-refractivity contribution in [3.05, 3.63) is 92.9 Å². The smallest absolute Gasteiger partial charge is 0.300 e. The predicted molar refractivity (Wildman–Crippen MR) is 107 cm³/mol. The number of ketones is 1. The van der Waals surface area contributed by atoms with Gasteiger partial charge in [0.2, 0.25) is 0 Å². The van der Waals surface area contributed by atoms with E-state index in [0.717, 1.165) is 0 Å². The van der Waals surface area contributed by atoms with Crippen LogP contribution in [0.5, 0.6) is 0 Å². The third-order valence-corrected chi connectivity index (χ3v) is 5.66. The van der Waals surface area contributed by atoms with Crippen LogP contribution in [0.2, 0.25) is 5.02 Å². The van der Waals surface area contributed by atoms with Gasteiger partial charge in [-0.25, -0.2) is 4.39 Å². The van der Waals surface area contributed by atoms with E-state index in [1.165, 1.54) is 40.5 Å². The van der Waals surface area contributed by atoms with E-state index in [2.05, 4.69) is 0 Å². The fourth-order valence-corrected chi connectivity index (χ4v) is 4.13. The van der Waals surface area contributed by atoms with Gasteiger partial charge in [-0.15, -0.1) is 11.3 Å². The summed E-state index contributed by atoms with van der Waals surface area (Å²) in [6, 6.07) is 14.4. The Kier molecular flexibility index (Phi) is 4.75. The molecule has 0 bridgehead atoms. The Morgan fingerprint density at radius 1 is 1.04 bits per heavy atom. The average molecular weight is 414 g/mol. The van der Waals surface area contributed by atoms with Gasteiger partial charge in [-0.3, -0.25) is 14.5 Å². The van der Waals surface area contributed by atoms with Crippen molar-refractivity contribution in [2.75, 3.05) is 4.90 Å². The highest BCUT2D eigenvalue weighted by atomic mass is 35.5. The number of hydrogen-bond donors (Lipinski definition) is 1. The standard InChI is InChI=1S/C21H13ClFNO3S/c22-13-5-3-12(4-6-13)19(25)17-18(16-2-1-11-28-16)24(21(27)20(17)26)15-9-7-14(23)8-10-15/h1-11,18,25H/b19-17-. The molecule has 7 heteroatoms. The van der Waals surface area contributed by atoms with Crippen molar-refractivity contribution < 1.29 is 19.1 Å². The second kappa shape index (κ2) is 7.22. The first kappa shape index (κ1) is 18.4. The molecular weight excluding hydrogens is 401 g/mol. The maximum Gasteiger partial charge on any atom is 0.300 e. The van der Waals surface area contributed by atoms with Crippen LogP contribution in [0.3, 0.4) is 0 Å². The predicted octanol–water partition coefficient (Wildman–Crippen LogP) is 5.17. The molecule has 1 unspecified atom stereocenters. The number of anilines is 1. The van der Waals surface area contributed by atoms with Gasteiger partial charge < -0.3 is 5.11 Å². The molecule has 1 fully saturated rings. The Labute approximate surface area is 169 Å². The maximum atomic E-state index is 13.3. The number of aliphatic hydroxyl groups excluding tert-OH is 1. The summed E-state index contributed by atoms with van der Waals surface area (Å²) >= 11 is 7.26. The van der Waals surface area contributed by atoms with Crippen molar-refractivity contribution in [3.8, 4) is 0 Å². The zero-order valence-corrected chi connectivity index (χ0v) is 15.9. The molecular formula is C21H13ClFNO3S. The summed E-state index contributed by atoms with van der Waals surface area (Å²) in [6.45, 7) is 0. The van der Waals surface area contributed by atoms with Crippen LogP contribution < -0.4 is 4.90 Å². The molecule has 2 aromatic carbocycles. The van der Waals surface area contributed by atoms with Gasteiger partial charge in [0.1, 0.15) is 17.6 Å². The quantitative estimate of drug-likeness (QED) is 0.366. The molecule has 1 atom stereocenters. The molecule has 3 aromatic rings. The largest absolute Gasteiger partial charge is 0.507 e. The Balaban J connectivity index is 1.91. The topological polar surface area (TPSA) is 57.6 Å². The van der Waals surface area contributed by atoms with Gasteiger partial charge in [0, 0.05) is 21.2 Å². The van der Waals surface area contributed by atoms with Crippen LogP contribution in [-0.2, 0) is 9.59 Å². The normalized spacial score (nSPS) is 18.6. The van der Waals surface area contributed by atoms with E-state index in [1.54, 1.807) is 36.4 Å². The summed E-state index contributed by atoms with van der Waals surface area (Å²) in [5, 5.41) is 13.2. The molecule has 1 amide bonds. The number of halogens is 2. The molecule has 1 saturated heterocycles. The average Bonchev–Trinajstić information content (AvgIpc) is 3.30. The fourth-order valence-electron chi connectivity index (χ4n) is 3.18. The Bertz CT molecular complexity index is 1080. The van der Waals surface area contributed by atoms with Crippen molar-refractivity contribution in [2.24, 2.45) is 0 Å². The summed E-state index contributed by atoms with van der Waals surface area (Å²) in [7, 11) is 0.